The van der Waals surface area contributed by atoms with Crippen LogP contribution in [-0.2, 0) is 73.9 Å². The molecular weight excluding hydrogens is 779 g/mol. The Hall–Kier alpha value is -6.64. The molecule has 4 amide bonds. The highest BCUT2D eigenvalue weighted by atomic mass is 32.2. The van der Waals surface area contributed by atoms with E-state index in [0.29, 0.717) is 29.7 Å². The molecule has 14 heteroatoms. The first kappa shape index (κ1) is 44.5. The molecule has 0 aliphatic heterocycles. The second-order valence-corrected chi connectivity index (χ2v) is 16.2. The molecule has 0 fully saturated rings. The number of amides is 4. The Balaban J connectivity index is 1.33. The SMILES string of the molecule is CCC(=O)NCc1ccc(CC(NC(=O)[C@@H](Cc2ccc(CNC(=O)Cc3ccccc3)cc2)NS(=O)(=O)Cc2ccccc2)C(=O)NCc2ccc(C(=N)N)cc2)cc1. The molecule has 5 aromatic carbocycles. The van der Waals surface area contributed by atoms with Crippen molar-refractivity contribution in [1.82, 2.24) is 26.0 Å². The monoisotopic (exact) mass is 829 g/mol. The van der Waals surface area contributed by atoms with E-state index < -0.39 is 33.9 Å². The van der Waals surface area contributed by atoms with E-state index in [1.54, 1.807) is 73.7 Å². The summed E-state index contributed by atoms with van der Waals surface area (Å²) >= 11 is 0. The van der Waals surface area contributed by atoms with Crippen molar-refractivity contribution < 1.29 is 27.6 Å². The highest BCUT2D eigenvalue weighted by Gasteiger charge is 2.29. The minimum Gasteiger partial charge on any atom is -0.384 e. The van der Waals surface area contributed by atoms with Crippen LogP contribution in [0.25, 0.3) is 0 Å². The van der Waals surface area contributed by atoms with Gasteiger partial charge in [0.05, 0.1) is 12.2 Å². The summed E-state index contributed by atoms with van der Waals surface area (Å²) in [6, 6.07) is 36.9. The molecule has 0 saturated carbocycles. The fourth-order valence-electron chi connectivity index (χ4n) is 6.26. The fraction of sp³-hybridized carbons (Fsp3) is 0.239. The maximum absolute atomic E-state index is 14.2. The molecule has 2 atom stereocenters. The van der Waals surface area contributed by atoms with Gasteiger partial charge in [-0.25, -0.2) is 13.1 Å². The molecule has 0 aliphatic rings. The Morgan fingerprint density at radius 1 is 0.550 bits per heavy atom. The zero-order valence-electron chi connectivity index (χ0n) is 33.4. The molecule has 0 aromatic heterocycles. The number of hydrogen-bond acceptors (Lipinski definition) is 7. The summed E-state index contributed by atoms with van der Waals surface area (Å²) in [6.07, 6.45) is 0.654. The van der Waals surface area contributed by atoms with Crippen molar-refractivity contribution in [1.29, 1.82) is 5.41 Å². The molecule has 0 heterocycles. The molecule has 1 unspecified atom stereocenters. The lowest BCUT2D eigenvalue weighted by molar-refractivity contribution is -0.129. The van der Waals surface area contributed by atoms with Crippen LogP contribution >= 0.6 is 0 Å². The summed E-state index contributed by atoms with van der Waals surface area (Å²) in [7, 11) is -4.05. The summed E-state index contributed by atoms with van der Waals surface area (Å²) in [6.45, 7) is 2.51. The Morgan fingerprint density at radius 2 is 1.00 bits per heavy atom. The summed E-state index contributed by atoms with van der Waals surface area (Å²) in [4.78, 5) is 52.4. The van der Waals surface area contributed by atoms with Gasteiger partial charge in [0.2, 0.25) is 33.7 Å². The van der Waals surface area contributed by atoms with Gasteiger partial charge < -0.3 is 27.0 Å². The van der Waals surface area contributed by atoms with Gasteiger partial charge in [0.1, 0.15) is 17.9 Å². The zero-order chi connectivity index (χ0) is 42.9. The molecule has 0 radical (unpaired) electrons. The number of carbonyl (C=O) groups excluding carboxylic acids is 4. The van der Waals surface area contributed by atoms with E-state index in [2.05, 4.69) is 26.0 Å². The molecule has 13 nitrogen and oxygen atoms in total. The molecule has 0 bridgehead atoms. The van der Waals surface area contributed by atoms with Gasteiger partial charge in [-0.2, -0.15) is 0 Å². The third kappa shape index (κ3) is 14.6. The quantitative estimate of drug-likeness (QED) is 0.0428. The van der Waals surface area contributed by atoms with Crippen molar-refractivity contribution in [3.63, 3.8) is 0 Å². The highest BCUT2D eigenvalue weighted by molar-refractivity contribution is 7.88. The Kier molecular flexibility index (Phi) is 16.3. The number of benzene rings is 5. The molecule has 8 N–H and O–H groups in total. The smallest absolute Gasteiger partial charge is 0.243 e. The summed E-state index contributed by atoms with van der Waals surface area (Å²) < 4.78 is 29.7. The van der Waals surface area contributed by atoms with Crippen LogP contribution in [0.2, 0.25) is 0 Å². The van der Waals surface area contributed by atoms with Crippen molar-refractivity contribution in [3.8, 4) is 0 Å². The third-order valence-electron chi connectivity index (χ3n) is 9.64. The van der Waals surface area contributed by atoms with Crippen molar-refractivity contribution in [2.75, 3.05) is 0 Å². The number of sulfonamides is 1. The van der Waals surface area contributed by atoms with Crippen molar-refractivity contribution in [2.24, 2.45) is 5.73 Å². The summed E-state index contributed by atoms with van der Waals surface area (Å²) in [5.74, 6) is -1.86. The fourth-order valence-corrected chi connectivity index (χ4v) is 7.60. The van der Waals surface area contributed by atoms with E-state index >= 15 is 0 Å². The van der Waals surface area contributed by atoms with Crippen LogP contribution < -0.4 is 31.7 Å². The van der Waals surface area contributed by atoms with Gasteiger partial charge in [-0.3, -0.25) is 24.6 Å². The average Bonchev–Trinajstić information content (AvgIpc) is 3.25. The van der Waals surface area contributed by atoms with Gasteiger partial charge in [-0.15, -0.1) is 0 Å². The Morgan fingerprint density at radius 3 is 1.52 bits per heavy atom. The van der Waals surface area contributed by atoms with Crippen molar-refractivity contribution in [2.45, 2.75) is 70.1 Å². The van der Waals surface area contributed by atoms with E-state index in [4.69, 9.17) is 11.1 Å². The largest absolute Gasteiger partial charge is 0.384 e. The first-order valence-corrected chi connectivity index (χ1v) is 21.3. The van der Waals surface area contributed by atoms with Gasteiger partial charge >= 0.3 is 0 Å². The van der Waals surface area contributed by atoms with Crippen molar-refractivity contribution >= 4 is 39.5 Å². The normalized spacial score (nSPS) is 12.1. The van der Waals surface area contributed by atoms with E-state index in [9.17, 15) is 27.6 Å². The second kappa shape index (κ2) is 21.9. The van der Waals surface area contributed by atoms with Crippen LogP contribution in [0, 0.1) is 5.41 Å². The number of nitrogens with two attached hydrogens (primary N) is 1. The van der Waals surface area contributed by atoms with E-state index in [-0.39, 0.29) is 55.8 Å². The number of rotatable bonds is 21. The predicted molar refractivity (Wildman–Crippen MR) is 232 cm³/mol. The van der Waals surface area contributed by atoms with E-state index in [1.807, 2.05) is 66.7 Å². The lowest BCUT2D eigenvalue weighted by Gasteiger charge is -2.24. The van der Waals surface area contributed by atoms with Crippen LogP contribution in [0.1, 0.15) is 57.9 Å². The molecule has 0 aliphatic carbocycles. The maximum Gasteiger partial charge on any atom is 0.243 e. The van der Waals surface area contributed by atoms with Gasteiger partial charge in [0, 0.05) is 38.0 Å². The lowest BCUT2D eigenvalue weighted by Crippen LogP contribution is -2.55. The van der Waals surface area contributed by atoms with Crippen molar-refractivity contribution in [3.05, 3.63) is 178 Å². The molecule has 5 rings (SSSR count). The van der Waals surface area contributed by atoms with Crippen LogP contribution in [0.5, 0.6) is 0 Å². The van der Waals surface area contributed by atoms with Crippen LogP contribution in [0.3, 0.4) is 0 Å². The van der Waals surface area contributed by atoms with Crippen LogP contribution in [-0.4, -0.2) is 50.0 Å². The molecule has 312 valence electrons. The lowest BCUT2D eigenvalue weighted by atomic mass is 10.0. The van der Waals surface area contributed by atoms with Gasteiger partial charge in [-0.05, 0) is 45.4 Å². The van der Waals surface area contributed by atoms with Gasteiger partial charge in [0.25, 0.3) is 0 Å². The Labute approximate surface area is 351 Å². The minimum atomic E-state index is -4.05. The molecule has 0 spiro atoms. The predicted octanol–water partition coefficient (Wildman–Crippen LogP) is 3.93. The van der Waals surface area contributed by atoms with Gasteiger partial charge in [0.15, 0.2) is 0 Å². The topological polar surface area (TPSA) is 212 Å². The Bertz CT molecular complexity index is 2320. The van der Waals surface area contributed by atoms with E-state index in [0.717, 1.165) is 27.8 Å². The number of amidine groups is 1. The van der Waals surface area contributed by atoms with Crippen LogP contribution in [0.15, 0.2) is 133 Å². The van der Waals surface area contributed by atoms with Gasteiger partial charge in [-0.1, -0.05) is 140 Å². The molecule has 0 saturated heterocycles. The minimum absolute atomic E-state index is 0.0322. The number of carbonyl (C=O) groups is 4. The standard InChI is InChI=1S/C46H51N7O6S/c1-2-42(54)49-28-35-17-13-33(14-18-35)25-40(45(56)51-30-37-21-23-39(24-22-37)44(47)48)52-46(57)41(53-60(58,59)31-38-11-7-4-8-12-38)26-34-15-19-36(20-16-34)29-50-43(55)27-32-9-5-3-6-10-32/h3-24,40-41,53H,2,25-31H2,1H3,(H3,47,48)(H,49,54)(H,50,55)(H,51,56)(H,52,57)/t40?,41-/m1/s1. The average molecular weight is 830 g/mol. The maximum atomic E-state index is 14.2. The first-order chi connectivity index (χ1) is 28.9. The summed E-state index contributed by atoms with van der Waals surface area (Å²) in [5.41, 5.74) is 11.3. The number of nitrogens with one attached hydrogen (secondary N) is 6. The van der Waals surface area contributed by atoms with Crippen LogP contribution in [0.4, 0.5) is 0 Å². The highest BCUT2D eigenvalue weighted by Crippen LogP contribution is 2.13. The first-order valence-electron chi connectivity index (χ1n) is 19.6. The number of nitrogen functional groups attached to an aromatic ring is 1. The second-order valence-electron chi connectivity index (χ2n) is 14.4. The zero-order valence-corrected chi connectivity index (χ0v) is 34.3. The molecule has 5 aromatic rings. The summed E-state index contributed by atoms with van der Waals surface area (Å²) in [5, 5.41) is 19.1. The third-order valence-corrected chi connectivity index (χ3v) is 11.0. The van der Waals surface area contributed by atoms with E-state index in [1.165, 1.54) is 0 Å². The molecule has 60 heavy (non-hydrogen) atoms. The number of hydrogen-bond donors (Lipinski definition) is 7. The molecular formula is C46H51N7O6S.